The fourth-order valence-corrected chi connectivity index (χ4v) is 2.07. The van der Waals surface area contributed by atoms with Crippen LogP contribution in [0.5, 0.6) is 0 Å². The predicted molar refractivity (Wildman–Crippen MR) is 67.1 cm³/mol. The molecule has 1 aliphatic heterocycles. The number of morpholine rings is 1. The number of benzene rings is 1. The van der Waals surface area contributed by atoms with Crippen LogP contribution < -0.4 is 0 Å². The lowest BCUT2D eigenvalue weighted by Gasteiger charge is -2.36. The van der Waals surface area contributed by atoms with Crippen LogP contribution in [0.15, 0.2) is 24.3 Å². The van der Waals surface area contributed by atoms with E-state index in [9.17, 15) is 4.79 Å². The topological polar surface area (TPSA) is 53.3 Å². The zero-order chi connectivity index (χ0) is 13.1. The largest absolute Gasteiger partial charge is 0.375 e. The van der Waals surface area contributed by atoms with Gasteiger partial charge in [0.2, 0.25) is 0 Å². The van der Waals surface area contributed by atoms with E-state index in [1.54, 1.807) is 24.3 Å². The van der Waals surface area contributed by atoms with E-state index in [0.29, 0.717) is 24.3 Å². The Morgan fingerprint density at radius 3 is 3.00 bits per heavy atom. The van der Waals surface area contributed by atoms with Gasteiger partial charge in [0.05, 0.1) is 30.4 Å². The van der Waals surface area contributed by atoms with Crippen LogP contribution in [0, 0.1) is 11.3 Å². The van der Waals surface area contributed by atoms with Crippen molar-refractivity contribution in [3.05, 3.63) is 35.4 Å². The summed E-state index contributed by atoms with van der Waals surface area (Å²) in [5, 5.41) is 8.85. The van der Waals surface area contributed by atoms with Crippen molar-refractivity contribution in [2.75, 3.05) is 13.2 Å². The number of hydrogen-bond donors (Lipinski definition) is 0. The third-order valence-corrected chi connectivity index (χ3v) is 3.11. The van der Waals surface area contributed by atoms with Gasteiger partial charge in [0.25, 0.3) is 5.91 Å². The highest BCUT2D eigenvalue weighted by atomic mass is 16.5. The van der Waals surface area contributed by atoms with Gasteiger partial charge < -0.3 is 9.64 Å². The number of nitriles is 1. The number of hydrogen-bond acceptors (Lipinski definition) is 3. The van der Waals surface area contributed by atoms with E-state index in [1.807, 2.05) is 24.8 Å². The van der Waals surface area contributed by atoms with Gasteiger partial charge in [-0.2, -0.15) is 5.26 Å². The number of nitrogens with zero attached hydrogens (tertiary/aromatic N) is 2. The number of rotatable bonds is 1. The molecule has 0 aromatic heterocycles. The van der Waals surface area contributed by atoms with Gasteiger partial charge in [-0.15, -0.1) is 0 Å². The van der Waals surface area contributed by atoms with Crippen LogP contribution in [0.4, 0.5) is 0 Å². The minimum atomic E-state index is -0.0326. The Morgan fingerprint density at radius 2 is 2.28 bits per heavy atom. The highest BCUT2D eigenvalue weighted by molar-refractivity contribution is 5.94. The van der Waals surface area contributed by atoms with E-state index in [4.69, 9.17) is 10.00 Å². The highest BCUT2D eigenvalue weighted by Crippen LogP contribution is 2.16. The fourth-order valence-electron chi connectivity index (χ4n) is 2.07. The molecular weight excluding hydrogens is 228 g/mol. The third-order valence-electron chi connectivity index (χ3n) is 3.11. The Balaban J connectivity index is 2.22. The molecule has 4 heteroatoms. The zero-order valence-electron chi connectivity index (χ0n) is 10.6. The lowest BCUT2D eigenvalue weighted by atomic mass is 10.1. The first-order valence-corrected chi connectivity index (χ1v) is 6.04. The molecule has 1 aromatic rings. The van der Waals surface area contributed by atoms with Crippen molar-refractivity contribution < 1.29 is 9.53 Å². The molecule has 94 valence electrons. The normalized spacial score (nSPS) is 23.5. The van der Waals surface area contributed by atoms with Crippen LogP contribution in [0.25, 0.3) is 0 Å². The van der Waals surface area contributed by atoms with E-state index >= 15 is 0 Å². The van der Waals surface area contributed by atoms with Crippen molar-refractivity contribution in [3.63, 3.8) is 0 Å². The molecule has 0 radical (unpaired) electrons. The Labute approximate surface area is 107 Å². The average molecular weight is 244 g/mol. The van der Waals surface area contributed by atoms with E-state index in [2.05, 4.69) is 0 Å². The quantitative estimate of drug-likeness (QED) is 0.757. The minimum Gasteiger partial charge on any atom is -0.375 e. The van der Waals surface area contributed by atoms with Crippen molar-refractivity contribution in [3.8, 4) is 6.07 Å². The number of ether oxygens (including phenoxy) is 1. The molecule has 2 unspecified atom stereocenters. The van der Waals surface area contributed by atoms with Gasteiger partial charge in [0, 0.05) is 12.1 Å². The molecule has 1 heterocycles. The monoisotopic (exact) mass is 244 g/mol. The first-order valence-electron chi connectivity index (χ1n) is 6.04. The smallest absolute Gasteiger partial charge is 0.254 e. The second-order valence-electron chi connectivity index (χ2n) is 4.64. The molecule has 1 amide bonds. The van der Waals surface area contributed by atoms with Crippen LogP contribution in [0.2, 0.25) is 0 Å². The van der Waals surface area contributed by atoms with Crippen LogP contribution in [0.3, 0.4) is 0 Å². The first kappa shape index (κ1) is 12.6. The van der Waals surface area contributed by atoms with Gasteiger partial charge in [-0.25, -0.2) is 0 Å². The average Bonchev–Trinajstić information content (AvgIpc) is 2.41. The number of carbonyl (C=O) groups is 1. The molecular formula is C14H16N2O2. The summed E-state index contributed by atoms with van der Waals surface area (Å²) < 4.78 is 5.51. The molecule has 1 aromatic carbocycles. The third kappa shape index (κ3) is 2.52. The minimum absolute atomic E-state index is 0.0326. The second kappa shape index (κ2) is 5.19. The molecule has 18 heavy (non-hydrogen) atoms. The van der Waals surface area contributed by atoms with Crippen molar-refractivity contribution >= 4 is 5.91 Å². The van der Waals surface area contributed by atoms with Crippen LogP contribution in [-0.4, -0.2) is 36.1 Å². The maximum atomic E-state index is 12.4. The maximum Gasteiger partial charge on any atom is 0.254 e. The van der Waals surface area contributed by atoms with E-state index in [-0.39, 0.29) is 18.1 Å². The lowest BCUT2D eigenvalue weighted by molar-refractivity contribution is -0.0387. The molecule has 2 rings (SSSR count). The molecule has 1 aliphatic rings. The molecule has 0 spiro atoms. The van der Waals surface area contributed by atoms with Gasteiger partial charge in [-0.05, 0) is 32.0 Å². The summed E-state index contributed by atoms with van der Waals surface area (Å²) in [4.78, 5) is 14.2. The Morgan fingerprint density at radius 1 is 1.50 bits per heavy atom. The molecule has 4 nitrogen and oxygen atoms in total. The summed E-state index contributed by atoms with van der Waals surface area (Å²) in [7, 11) is 0. The van der Waals surface area contributed by atoms with Gasteiger partial charge in [-0.3, -0.25) is 4.79 Å². The summed E-state index contributed by atoms with van der Waals surface area (Å²) in [6, 6.07) is 8.93. The molecule has 0 N–H and O–H groups in total. The van der Waals surface area contributed by atoms with Crippen LogP contribution >= 0.6 is 0 Å². The predicted octanol–water partition coefficient (Wildman–Crippen LogP) is 1.81. The molecule has 0 saturated carbocycles. The van der Waals surface area contributed by atoms with Gasteiger partial charge in [0.15, 0.2) is 0 Å². The summed E-state index contributed by atoms with van der Waals surface area (Å²) in [6.45, 7) is 5.08. The Hall–Kier alpha value is -1.86. The number of amides is 1. The first-order chi connectivity index (χ1) is 8.61. The summed E-state index contributed by atoms with van der Waals surface area (Å²) >= 11 is 0. The van der Waals surface area contributed by atoms with Gasteiger partial charge in [0.1, 0.15) is 0 Å². The maximum absolute atomic E-state index is 12.4. The molecule has 0 aliphatic carbocycles. The highest BCUT2D eigenvalue weighted by Gasteiger charge is 2.28. The summed E-state index contributed by atoms with van der Waals surface area (Å²) in [5.74, 6) is -0.0326. The van der Waals surface area contributed by atoms with Gasteiger partial charge >= 0.3 is 0 Å². The van der Waals surface area contributed by atoms with Gasteiger partial charge in [-0.1, -0.05) is 6.07 Å². The summed E-state index contributed by atoms with van der Waals surface area (Å²) in [6.07, 6.45) is 0.0595. The van der Waals surface area contributed by atoms with Crippen LogP contribution in [-0.2, 0) is 4.74 Å². The SMILES string of the molecule is CC1CN(C(=O)c2cccc(C#N)c2)C(C)CO1. The second-order valence-corrected chi connectivity index (χ2v) is 4.64. The Kier molecular flexibility index (Phi) is 3.63. The Bertz CT molecular complexity index is 493. The lowest BCUT2D eigenvalue weighted by Crippen LogP contribution is -2.50. The van der Waals surface area contributed by atoms with Crippen LogP contribution in [0.1, 0.15) is 29.8 Å². The van der Waals surface area contributed by atoms with E-state index in [0.717, 1.165) is 0 Å². The van der Waals surface area contributed by atoms with Crippen molar-refractivity contribution in [2.24, 2.45) is 0 Å². The van der Waals surface area contributed by atoms with E-state index in [1.165, 1.54) is 0 Å². The molecule has 2 atom stereocenters. The molecule has 1 fully saturated rings. The molecule has 1 saturated heterocycles. The van der Waals surface area contributed by atoms with Crippen molar-refractivity contribution in [2.45, 2.75) is 26.0 Å². The van der Waals surface area contributed by atoms with Crippen molar-refractivity contribution in [1.82, 2.24) is 4.90 Å². The fraction of sp³-hybridized carbons (Fsp3) is 0.429. The molecule has 0 bridgehead atoms. The summed E-state index contributed by atoms with van der Waals surface area (Å²) in [5.41, 5.74) is 1.07. The van der Waals surface area contributed by atoms with Crippen molar-refractivity contribution in [1.29, 1.82) is 5.26 Å². The standard InChI is InChI=1S/C14H16N2O2/c1-10-9-18-11(2)8-16(10)14(17)13-5-3-4-12(6-13)7-15/h3-6,10-11H,8-9H2,1-2H3. The zero-order valence-corrected chi connectivity index (χ0v) is 10.6. The van der Waals surface area contributed by atoms with E-state index < -0.39 is 0 Å². The number of carbonyl (C=O) groups excluding carboxylic acids is 1.